The number of allylic oxidation sites excluding steroid dienone is 1. The van der Waals surface area contributed by atoms with Crippen molar-refractivity contribution in [2.24, 2.45) is 0 Å². The first-order chi connectivity index (χ1) is 12.7. The van der Waals surface area contributed by atoms with E-state index in [9.17, 15) is 4.79 Å². The van der Waals surface area contributed by atoms with Gasteiger partial charge in [0.05, 0.1) is 13.2 Å². The summed E-state index contributed by atoms with van der Waals surface area (Å²) in [6.45, 7) is 4.98. The Morgan fingerprint density at radius 3 is 2.46 bits per heavy atom. The molecular formula is C22H24O4. The second-order valence-corrected chi connectivity index (χ2v) is 6.05. The third-order valence-corrected chi connectivity index (χ3v) is 4.32. The minimum Gasteiger partial charge on any atom is -0.489 e. The van der Waals surface area contributed by atoms with E-state index in [4.69, 9.17) is 14.2 Å². The molecule has 0 radical (unpaired) electrons. The second kappa shape index (κ2) is 8.56. The highest BCUT2D eigenvalue weighted by Crippen LogP contribution is 2.37. The van der Waals surface area contributed by atoms with E-state index in [1.165, 1.54) is 5.56 Å². The van der Waals surface area contributed by atoms with Crippen LogP contribution in [0.25, 0.3) is 5.57 Å². The van der Waals surface area contributed by atoms with Crippen LogP contribution < -0.4 is 4.74 Å². The Balaban J connectivity index is 1.80. The number of esters is 1. The van der Waals surface area contributed by atoms with Gasteiger partial charge in [-0.2, -0.15) is 0 Å². The van der Waals surface area contributed by atoms with Crippen molar-refractivity contribution >= 4 is 11.5 Å². The van der Waals surface area contributed by atoms with Gasteiger partial charge in [0.2, 0.25) is 5.76 Å². The number of carbonyl (C=O) groups is 1. The Morgan fingerprint density at radius 2 is 1.73 bits per heavy atom. The van der Waals surface area contributed by atoms with Gasteiger partial charge in [-0.3, -0.25) is 0 Å². The topological polar surface area (TPSA) is 44.8 Å². The van der Waals surface area contributed by atoms with E-state index in [0.717, 1.165) is 35.3 Å². The van der Waals surface area contributed by atoms with E-state index in [1.54, 1.807) is 6.92 Å². The van der Waals surface area contributed by atoms with Crippen LogP contribution in [-0.4, -0.2) is 19.2 Å². The third kappa shape index (κ3) is 4.07. The molecule has 136 valence electrons. The average molecular weight is 352 g/mol. The molecule has 2 aromatic rings. The summed E-state index contributed by atoms with van der Waals surface area (Å²) in [5.41, 5.74) is 4.28. The molecule has 0 unspecified atom stereocenters. The van der Waals surface area contributed by atoms with Gasteiger partial charge in [0, 0.05) is 5.57 Å². The molecule has 0 saturated heterocycles. The van der Waals surface area contributed by atoms with Gasteiger partial charge in [-0.25, -0.2) is 4.79 Å². The zero-order valence-electron chi connectivity index (χ0n) is 15.3. The largest absolute Gasteiger partial charge is 0.489 e. The summed E-state index contributed by atoms with van der Waals surface area (Å²) < 4.78 is 16.7. The number of carbonyl (C=O) groups excluding carboxylic acids is 1. The monoisotopic (exact) mass is 352 g/mol. The standard InChI is InChI=1S/C22H24O4/c1-3-24-21(22(23)25-4-2)20-12-10-17-14-18(11-13-19(17)20)26-15-16-8-6-5-7-9-16/h5-9,11,13-14H,3-4,10,12,15H2,1-2H3/b21-20-. The Labute approximate surface area is 154 Å². The molecule has 0 bridgehead atoms. The van der Waals surface area contributed by atoms with Crippen LogP contribution in [0.4, 0.5) is 0 Å². The average Bonchev–Trinajstić information content (AvgIpc) is 3.08. The van der Waals surface area contributed by atoms with Crippen molar-refractivity contribution in [1.29, 1.82) is 0 Å². The Morgan fingerprint density at radius 1 is 0.962 bits per heavy atom. The van der Waals surface area contributed by atoms with Crippen LogP contribution >= 0.6 is 0 Å². The highest BCUT2D eigenvalue weighted by atomic mass is 16.6. The molecule has 3 rings (SSSR count). The summed E-state index contributed by atoms with van der Waals surface area (Å²) in [7, 11) is 0. The summed E-state index contributed by atoms with van der Waals surface area (Å²) in [6.07, 6.45) is 1.63. The van der Waals surface area contributed by atoms with Crippen molar-refractivity contribution in [3.05, 3.63) is 71.0 Å². The van der Waals surface area contributed by atoms with Gasteiger partial charge in [-0.1, -0.05) is 36.4 Å². The zero-order valence-corrected chi connectivity index (χ0v) is 15.3. The molecule has 4 nitrogen and oxygen atoms in total. The summed E-state index contributed by atoms with van der Waals surface area (Å²) in [4.78, 5) is 12.2. The van der Waals surface area contributed by atoms with Gasteiger partial charge >= 0.3 is 5.97 Å². The molecule has 0 spiro atoms. The lowest BCUT2D eigenvalue weighted by atomic mass is 10.1. The van der Waals surface area contributed by atoms with Crippen LogP contribution in [-0.2, 0) is 27.3 Å². The van der Waals surface area contributed by atoms with Crippen LogP contribution in [0.2, 0.25) is 0 Å². The van der Waals surface area contributed by atoms with Crippen LogP contribution in [0.5, 0.6) is 5.75 Å². The molecular weight excluding hydrogens is 328 g/mol. The van der Waals surface area contributed by atoms with Crippen molar-refractivity contribution in [3.63, 3.8) is 0 Å². The number of rotatable bonds is 7. The van der Waals surface area contributed by atoms with Crippen LogP contribution in [0.15, 0.2) is 54.3 Å². The number of hydrogen-bond acceptors (Lipinski definition) is 4. The zero-order chi connectivity index (χ0) is 18.4. The molecule has 26 heavy (non-hydrogen) atoms. The third-order valence-electron chi connectivity index (χ3n) is 4.32. The second-order valence-electron chi connectivity index (χ2n) is 6.05. The summed E-state index contributed by atoms with van der Waals surface area (Å²) >= 11 is 0. The maximum atomic E-state index is 12.2. The fourth-order valence-electron chi connectivity index (χ4n) is 3.14. The molecule has 0 atom stereocenters. The molecule has 0 heterocycles. The fraction of sp³-hybridized carbons (Fsp3) is 0.318. The molecule has 0 amide bonds. The van der Waals surface area contributed by atoms with E-state index >= 15 is 0 Å². The molecule has 2 aromatic carbocycles. The number of hydrogen-bond donors (Lipinski definition) is 0. The first kappa shape index (κ1) is 18.1. The maximum absolute atomic E-state index is 12.2. The molecule has 1 aliphatic carbocycles. The fourth-order valence-corrected chi connectivity index (χ4v) is 3.14. The van der Waals surface area contributed by atoms with Gasteiger partial charge in [-0.05, 0) is 55.5 Å². The number of ether oxygens (including phenoxy) is 3. The van der Waals surface area contributed by atoms with E-state index in [-0.39, 0.29) is 5.97 Å². The molecule has 0 fully saturated rings. The summed E-state index contributed by atoms with van der Waals surface area (Å²) in [6, 6.07) is 16.1. The van der Waals surface area contributed by atoms with Crippen molar-refractivity contribution < 1.29 is 19.0 Å². The molecule has 0 aromatic heterocycles. The van der Waals surface area contributed by atoms with Gasteiger partial charge in [0.15, 0.2) is 0 Å². The predicted molar refractivity (Wildman–Crippen MR) is 101 cm³/mol. The van der Waals surface area contributed by atoms with Crippen molar-refractivity contribution in [2.45, 2.75) is 33.3 Å². The lowest BCUT2D eigenvalue weighted by Gasteiger charge is -2.12. The first-order valence-electron chi connectivity index (χ1n) is 9.06. The number of fused-ring (bicyclic) bond motifs is 1. The van der Waals surface area contributed by atoms with Crippen molar-refractivity contribution in [2.75, 3.05) is 13.2 Å². The Hall–Kier alpha value is -2.75. The van der Waals surface area contributed by atoms with Crippen molar-refractivity contribution in [1.82, 2.24) is 0 Å². The molecule has 4 heteroatoms. The quantitative estimate of drug-likeness (QED) is 0.417. The minimum atomic E-state index is -0.387. The van der Waals surface area contributed by atoms with Gasteiger partial charge < -0.3 is 14.2 Å². The smallest absolute Gasteiger partial charge is 0.373 e. The lowest BCUT2D eigenvalue weighted by Crippen LogP contribution is -2.12. The SMILES string of the molecule is CCOC(=O)/C(OCC)=C1\CCc2cc(OCc3ccccc3)ccc21. The molecule has 0 aliphatic heterocycles. The highest BCUT2D eigenvalue weighted by molar-refractivity contribution is 5.97. The van der Waals surface area contributed by atoms with E-state index in [2.05, 4.69) is 6.07 Å². The first-order valence-corrected chi connectivity index (χ1v) is 9.06. The molecule has 1 aliphatic rings. The minimum absolute atomic E-state index is 0.335. The Bertz CT molecular complexity index is 793. The molecule has 0 N–H and O–H groups in total. The van der Waals surface area contributed by atoms with Crippen LogP contribution in [0.3, 0.4) is 0 Å². The number of benzene rings is 2. The highest BCUT2D eigenvalue weighted by Gasteiger charge is 2.26. The number of aryl methyl sites for hydroxylation is 1. The molecule has 0 saturated carbocycles. The van der Waals surface area contributed by atoms with E-state index in [0.29, 0.717) is 25.6 Å². The summed E-state index contributed by atoms with van der Waals surface area (Å²) in [5.74, 6) is 0.788. The van der Waals surface area contributed by atoms with Gasteiger partial charge in [-0.15, -0.1) is 0 Å². The van der Waals surface area contributed by atoms with E-state index in [1.807, 2.05) is 49.4 Å². The van der Waals surface area contributed by atoms with Crippen LogP contribution in [0.1, 0.15) is 37.0 Å². The summed E-state index contributed by atoms with van der Waals surface area (Å²) in [5, 5.41) is 0. The van der Waals surface area contributed by atoms with Gasteiger partial charge in [0.25, 0.3) is 0 Å². The normalized spacial score (nSPS) is 14.5. The van der Waals surface area contributed by atoms with Crippen LogP contribution in [0, 0.1) is 0 Å². The Kier molecular flexibility index (Phi) is 5.95. The van der Waals surface area contributed by atoms with Crippen molar-refractivity contribution in [3.8, 4) is 5.75 Å². The van der Waals surface area contributed by atoms with E-state index < -0.39 is 0 Å². The predicted octanol–water partition coefficient (Wildman–Crippen LogP) is 4.52. The maximum Gasteiger partial charge on any atom is 0.373 e. The lowest BCUT2D eigenvalue weighted by molar-refractivity contribution is -0.142. The van der Waals surface area contributed by atoms with Gasteiger partial charge in [0.1, 0.15) is 12.4 Å².